The van der Waals surface area contributed by atoms with Crippen molar-refractivity contribution < 1.29 is 0 Å². The summed E-state index contributed by atoms with van der Waals surface area (Å²) in [5, 5.41) is 4.03. The van der Waals surface area contributed by atoms with E-state index in [4.69, 9.17) is 0 Å². The number of nitrogens with zero attached hydrogens (tertiary/aromatic N) is 3. The minimum absolute atomic E-state index is 0.191. The predicted octanol–water partition coefficient (Wildman–Crippen LogP) is 2.97. The Labute approximate surface area is 122 Å². The molecule has 0 spiro atoms. The first-order chi connectivity index (χ1) is 8.08. The van der Waals surface area contributed by atoms with Gasteiger partial charge in [-0.25, -0.2) is 4.68 Å². The lowest BCUT2D eigenvalue weighted by atomic mass is 10.3. The Bertz CT molecular complexity index is 595. The van der Waals surface area contributed by atoms with E-state index in [1.54, 1.807) is 12.4 Å². The summed E-state index contributed by atoms with van der Waals surface area (Å²) in [7, 11) is 0. The van der Waals surface area contributed by atoms with Crippen molar-refractivity contribution in [2.75, 3.05) is 0 Å². The van der Waals surface area contributed by atoms with Gasteiger partial charge in [0, 0.05) is 10.7 Å². The molecule has 0 bridgehead atoms. The van der Waals surface area contributed by atoms with Crippen LogP contribution in [0, 0.1) is 0 Å². The highest BCUT2D eigenvalue weighted by Crippen LogP contribution is 2.16. The molecule has 0 fully saturated rings. The van der Waals surface area contributed by atoms with Gasteiger partial charge < -0.3 is 0 Å². The molecule has 88 valence electrons. The number of hydrogen-bond acceptors (Lipinski definition) is 3. The summed E-state index contributed by atoms with van der Waals surface area (Å²) in [6.45, 7) is 0.345. The number of rotatable bonds is 2. The van der Waals surface area contributed by atoms with Crippen LogP contribution in [-0.2, 0) is 6.54 Å². The Hall–Kier alpha value is -0.530. The monoisotopic (exact) mass is 421 g/mol. The molecule has 0 N–H and O–H groups in total. The van der Waals surface area contributed by atoms with Gasteiger partial charge in [0.1, 0.15) is 4.47 Å². The predicted molar refractivity (Wildman–Crippen MR) is 74.9 cm³/mol. The number of hydrogen-bond donors (Lipinski definition) is 0. The van der Waals surface area contributed by atoms with Crippen LogP contribution >= 0.6 is 47.8 Å². The lowest BCUT2D eigenvalue weighted by Crippen LogP contribution is -2.24. The third kappa shape index (κ3) is 3.02. The summed E-state index contributed by atoms with van der Waals surface area (Å²) in [4.78, 5) is 16.0. The van der Waals surface area contributed by atoms with Gasteiger partial charge in [-0.1, -0.05) is 0 Å². The zero-order valence-corrected chi connectivity index (χ0v) is 13.2. The maximum absolute atomic E-state index is 11.8. The largest absolute Gasteiger partial charge is 0.282 e. The second-order valence-electron chi connectivity index (χ2n) is 3.24. The van der Waals surface area contributed by atoms with E-state index >= 15 is 0 Å². The van der Waals surface area contributed by atoms with Gasteiger partial charge >= 0.3 is 0 Å². The van der Waals surface area contributed by atoms with Crippen molar-refractivity contribution in [3.63, 3.8) is 0 Å². The molecular formula is C10H6Br3N3O. The highest BCUT2D eigenvalue weighted by atomic mass is 79.9. The second kappa shape index (κ2) is 5.41. The van der Waals surface area contributed by atoms with Crippen LogP contribution in [-0.4, -0.2) is 14.8 Å². The van der Waals surface area contributed by atoms with E-state index in [-0.39, 0.29) is 5.56 Å². The van der Waals surface area contributed by atoms with Gasteiger partial charge in [-0.15, -0.1) is 0 Å². The van der Waals surface area contributed by atoms with E-state index in [0.717, 1.165) is 10.2 Å². The highest BCUT2D eigenvalue weighted by molar-refractivity contribution is 9.13. The number of halogens is 3. The minimum atomic E-state index is -0.191. The lowest BCUT2D eigenvalue weighted by Gasteiger charge is -2.05. The van der Waals surface area contributed by atoms with Crippen molar-refractivity contribution >= 4 is 47.8 Å². The molecule has 0 atom stereocenters. The van der Waals surface area contributed by atoms with E-state index in [9.17, 15) is 4.79 Å². The van der Waals surface area contributed by atoms with Gasteiger partial charge in [-0.3, -0.25) is 9.78 Å². The average molecular weight is 424 g/mol. The van der Waals surface area contributed by atoms with E-state index in [0.29, 0.717) is 15.5 Å². The Kier molecular flexibility index (Phi) is 4.11. The molecule has 0 aliphatic rings. The molecule has 2 rings (SSSR count). The van der Waals surface area contributed by atoms with Gasteiger partial charge in [0.2, 0.25) is 0 Å². The van der Waals surface area contributed by atoms with Crippen LogP contribution in [0.15, 0.2) is 42.7 Å². The van der Waals surface area contributed by atoms with Crippen LogP contribution in [0.2, 0.25) is 0 Å². The van der Waals surface area contributed by atoms with Crippen molar-refractivity contribution in [2.45, 2.75) is 6.54 Å². The van der Waals surface area contributed by atoms with Crippen LogP contribution in [0.1, 0.15) is 5.69 Å². The van der Waals surface area contributed by atoms with E-state index < -0.39 is 0 Å². The van der Waals surface area contributed by atoms with E-state index in [1.807, 2.05) is 12.1 Å². The van der Waals surface area contributed by atoms with Crippen molar-refractivity contribution in [1.29, 1.82) is 0 Å². The van der Waals surface area contributed by atoms with Gasteiger partial charge in [0.05, 0.1) is 22.9 Å². The molecule has 17 heavy (non-hydrogen) atoms. The third-order valence-electron chi connectivity index (χ3n) is 2.04. The Balaban J connectivity index is 2.34. The molecule has 2 heterocycles. The highest BCUT2D eigenvalue weighted by Gasteiger charge is 2.07. The second-order valence-corrected chi connectivity index (χ2v) is 5.80. The molecule has 2 aromatic rings. The molecule has 0 aromatic carbocycles. The Morgan fingerprint density at radius 3 is 2.59 bits per heavy atom. The molecule has 0 saturated heterocycles. The first-order valence-corrected chi connectivity index (χ1v) is 6.97. The van der Waals surface area contributed by atoms with Crippen LogP contribution in [0.4, 0.5) is 0 Å². The average Bonchev–Trinajstić information content (AvgIpc) is 2.33. The zero-order valence-electron chi connectivity index (χ0n) is 8.40. The van der Waals surface area contributed by atoms with Gasteiger partial charge in [-0.2, -0.15) is 5.10 Å². The quantitative estimate of drug-likeness (QED) is 0.746. The SMILES string of the molecule is O=c1c(Br)c(Br)cnn1Cc1ccc(Br)cn1. The van der Waals surface area contributed by atoms with Crippen molar-refractivity contribution in [3.05, 3.63) is 54.0 Å². The van der Waals surface area contributed by atoms with Crippen molar-refractivity contribution in [3.8, 4) is 0 Å². The van der Waals surface area contributed by atoms with E-state index in [1.165, 1.54) is 4.68 Å². The van der Waals surface area contributed by atoms with Crippen LogP contribution in [0.3, 0.4) is 0 Å². The standard InChI is InChI=1S/C10H6Br3N3O/c11-6-1-2-7(14-3-6)5-16-10(17)9(13)8(12)4-15-16/h1-4H,5H2. The molecule has 0 unspecified atom stereocenters. The third-order valence-corrected chi connectivity index (χ3v) is 4.41. The van der Waals surface area contributed by atoms with Crippen molar-refractivity contribution in [1.82, 2.24) is 14.8 Å². The van der Waals surface area contributed by atoms with Gasteiger partial charge in [0.25, 0.3) is 5.56 Å². The molecule has 2 aromatic heterocycles. The molecule has 0 saturated carbocycles. The van der Waals surface area contributed by atoms with Crippen LogP contribution < -0.4 is 5.56 Å². The minimum Gasteiger partial charge on any atom is -0.266 e. The zero-order chi connectivity index (χ0) is 12.4. The van der Waals surface area contributed by atoms with E-state index in [2.05, 4.69) is 57.9 Å². The van der Waals surface area contributed by atoms with Crippen LogP contribution in [0.25, 0.3) is 0 Å². The summed E-state index contributed by atoms with van der Waals surface area (Å²) in [5.74, 6) is 0. The number of pyridine rings is 1. The molecule has 0 aliphatic carbocycles. The summed E-state index contributed by atoms with van der Waals surface area (Å²) in [6.07, 6.45) is 3.26. The topological polar surface area (TPSA) is 47.8 Å². The molecule has 4 nitrogen and oxygen atoms in total. The summed E-state index contributed by atoms with van der Waals surface area (Å²) >= 11 is 9.74. The summed E-state index contributed by atoms with van der Waals surface area (Å²) < 4.78 is 3.36. The Morgan fingerprint density at radius 1 is 1.18 bits per heavy atom. The summed E-state index contributed by atoms with van der Waals surface area (Å²) in [6, 6.07) is 3.72. The lowest BCUT2D eigenvalue weighted by molar-refractivity contribution is 0.622. The number of aromatic nitrogens is 3. The fourth-order valence-corrected chi connectivity index (χ4v) is 2.01. The molecule has 0 aliphatic heterocycles. The fourth-order valence-electron chi connectivity index (χ4n) is 1.21. The van der Waals surface area contributed by atoms with Gasteiger partial charge in [0.15, 0.2) is 0 Å². The smallest absolute Gasteiger partial charge is 0.266 e. The maximum Gasteiger partial charge on any atom is 0.282 e. The molecule has 7 heteroatoms. The molecule has 0 amide bonds. The summed E-state index contributed by atoms with van der Waals surface area (Å²) in [5.41, 5.74) is 0.584. The fraction of sp³-hybridized carbons (Fsp3) is 0.100. The van der Waals surface area contributed by atoms with Crippen LogP contribution in [0.5, 0.6) is 0 Å². The maximum atomic E-state index is 11.8. The first kappa shape index (κ1) is 12.9. The first-order valence-electron chi connectivity index (χ1n) is 4.59. The Morgan fingerprint density at radius 2 is 1.94 bits per heavy atom. The molecular weight excluding hydrogens is 418 g/mol. The van der Waals surface area contributed by atoms with Crippen molar-refractivity contribution in [2.24, 2.45) is 0 Å². The molecule has 0 radical (unpaired) electrons. The normalized spacial score (nSPS) is 10.5. The van der Waals surface area contributed by atoms with Gasteiger partial charge in [-0.05, 0) is 59.9 Å².